The molecule has 3 heteroatoms. The van der Waals surface area contributed by atoms with E-state index in [0.717, 1.165) is 18.5 Å². The van der Waals surface area contributed by atoms with Gasteiger partial charge in [0.1, 0.15) is 0 Å². The van der Waals surface area contributed by atoms with Gasteiger partial charge >= 0.3 is 0 Å². The second-order valence-corrected chi connectivity index (χ2v) is 2.87. The van der Waals surface area contributed by atoms with Gasteiger partial charge < -0.3 is 10.3 Å². The summed E-state index contributed by atoms with van der Waals surface area (Å²) in [7, 11) is 0. The zero-order chi connectivity index (χ0) is 8.97. The summed E-state index contributed by atoms with van der Waals surface area (Å²) < 4.78 is 1.99. The molecule has 12 heavy (non-hydrogen) atoms. The van der Waals surface area contributed by atoms with Gasteiger partial charge in [0.25, 0.3) is 0 Å². The summed E-state index contributed by atoms with van der Waals surface area (Å²) in [5.74, 6) is 0. The first kappa shape index (κ1) is 9.00. The van der Waals surface area contributed by atoms with Crippen LogP contribution >= 0.6 is 0 Å². The largest absolute Gasteiger partial charge is 0.354 e. The minimum Gasteiger partial charge on any atom is -0.354 e. The maximum Gasteiger partial charge on any atom is 0.184 e. The summed E-state index contributed by atoms with van der Waals surface area (Å²) in [5.41, 5.74) is 6.25. The van der Waals surface area contributed by atoms with Crippen molar-refractivity contribution in [2.45, 2.75) is 19.9 Å². The lowest BCUT2D eigenvalue weighted by atomic mass is 10.3. The Bertz CT molecular complexity index is 304. The van der Waals surface area contributed by atoms with Crippen LogP contribution in [0.5, 0.6) is 0 Å². The van der Waals surface area contributed by atoms with Crippen molar-refractivity contribution >= 4 is 0 Å². The Kier molecular flexibility index (Phi) is 3.05. The van der Waals surface area contributed by atoms with E-state index in [-0.39, 0.29) is 5.43 Å². The average molecular weight is 166 g/mol. The number of hydrogen-bond donors (Lipinski definition) is 1. The Balaban J connectivity index is 2.75. The van der Waals surface area contributed by atoms with Crippen LogP contribution in [0, 0.1) is 6.92 Å². The topological polar surface area (TPSA) is 48.0 Å². The molecular formula is C9H14N2O. The zero-order valence-electron chi connectivity index (χ0n) is 7.29. The molecule has 3 nitrogen and oxygen atoms in total. The fourth-order valence-corrected chi connectivity index (χ4v) is 1.06. The van der Waals surface area contributed by atoms with Crippen molar-refractivity contribution in [3.63, 3.8) is 0 Å². The Morgan fingerprint density at radius 3 is 2.92 bits per heavy atom. The van der Waals surface area contributed by atoms with Crippen LogP contribution in [0.15, 0.2) is 23.3 Å². The molecule has 0 spiro atoms. The van der Waals surface area contributed by atoms with Crippen molar-refractivity contribution in [3.05, 3.63) is 34.2 Å². The monoisotopic (exact) mass is 166 g/mol. The smallest absolute Gasteiger partial charge is 0.184 e. The Morgan fingerprint density at radius 1 is 1.58 bits per heavy atom. The predicted molar refractivity (Wildman–Crippen MR) is 49.1 cm³/mol. The second kappa shape index (κ2) is 4.07. The first-order chi connectivity index (χ1) is 5.74. The molecule has 0 saturated carbocycles. The third kappa shape index (κ3) is 2.20. The molecule has 0 aromatic carbocycles. The van der Waals surface area contributed by atoms with Crippen molar-refractivity contribution in [1.29, 1.82) is 0 Å². The van der Waals surface area contributed by atoms with Crippen LogP contribution < -0.4 is 11.2 Å². The summed E-state index contributed by atoms with van der Waals surface area (Å²) in [4.78, 5) is 11.0. The highest BCUT2D eigenvalue weighted by molar-refractivity contribution is 5.07. The van der Waals surface area contributed by atoms with Gasteiger partial charge in [0, 0.05) is 30.6 Å². The van der Waals surface area contributed by atoms with Crippen molar-refractivity contribution in [2.24, 2.45) is 5.73 Å². The second-order valence-electron chi connectivity index (χ2n) is 2.87. The van der Waals surface area contributed by atoms with E-state index < -0.39 is 0 Å². The van der Waals surface area contributed by atoms with Crippen LogP contribution in [0.4, 0.5) is 0 Å². The van der Waals surface area contributed by atoms with E-state index in [0.29, 0.717) is 6.54 Å². The average Bonchev–Trinajstić information content (AvgIpc) is 2.07. The van der Waals surface area contributed by atoms with Crippen LogP contribution in [-0.4, -0.2) is 11.1 Å². The molecule has 0 bridgehead atoms. The standard InChI is InChI=1S/C9H14N2O/c1-8-7-11(5-2-4-10)6-3-9(8)12/h3,6-7H,2,4-5,10H2,1H3. The molecule has 0 aliphatic carbocycles. The first-order valence-corrected chi connectivity index (χ1v) is 4.11. The van der Waals surface area contributed by atoms with E-state index in [1.54, 1.807) is 12.3 Å². The molecule has 1 rings (SSSR count). The zero-order valence-corrected chi connectivity index (χ0v) is 7.29. The summed E-state index contributed by atoms with van der Waals surface area (Å²) in [6.45, 7) is 3.39. The van der Waals surface area contributed by atoms with Crippen LogP contribution in [0.1, 0.15) is 12.0 Å². The summed E-state index contributed by atoms with van der Waals surface area (Å²) in [6.07, 6.45) is 4.60. The van der Waals surface area contributed by atoms with Crippen LogP contribution in [-0.2, 0) is 6.54 Å². The number of aryl methyl sites for hydroxylation is 2. The van der Waals surface area contributed by atoms with Gasteiger partial charge in [-0.05, 0) is 19.9 Å². The highest BCUT2D eigenvalue weighted by Crippen LogP contribution is 1.92. The van der Waals surface area contributed by atoms with E-state index >= 15 is 0 Å². The molecule has 66 valence electrons. The first-order valence-electron chi connectivity index (χ1n) is 4.11. The number of nitrogens with zero attached hydrogens (tertiary/aromatic N) is 1. The molecule has 2 N–H and O–H groups in total. The van der Waals surface area contributed by atoms with Crippen molar-refractivity contribution in [2.75, 3.05) is 6.54 Å². The van der Waals surface area contributed by atoms with Crippen molar-refractivity contribution in [1.82, 2.24) is 4.57 Å². The maximum atomic E-state index is 11.0. The predicted octanol–water partition coefficient (Wildman–Crippen LogP) is 0.506. The SMILES string of the molecule is Cc1cn(CCCN)ccc1=O. The minimum absolute atomic E-state index is 0.0963. The Hall–Kier alpha value is -1.09. The van der Waals surface area contributed by atoms with Crippen LogP contribution in [0.2, 0.25) is 0 Å². The highest BCUT2D eigenvalue weighted by atomic mass is 16.1. The number of nitrogens with two attached hydrogens (primary N) is 1. The molecule has 0 atom stereocenters. The Labute approximate surface area is 71.8 Å². The molecule has 0 radical (unpaired) electrons. The lowest BCUT2D eigenvalue weighted by molar-refractivity contribution is 0.643. The van der Waals surface area contributed by atoms with E-state index in [2.05, 4.69) is 0 Å². The third-order valence-electron chi connectivity index (χ3n) is 1.79. The lowest BCUT2D eigenvalue weighted by Gasteiger charge is -2.04. The number of hydrogen-bond acceptors (Lipinski definition) is 2. The molecule has 1 aromatic heterocycles. The fourth-order valence-electron chi connectivity index (χ4n) is 1.06. The lowest BCUT2D eigenvalue weighted by Crippen LogP contribution is -2.10. The number of pyridine rings is 1. The normalized spacial score (nSPS) is 10.2. The highest BCUT2D eigenvalue weighted by Gasteiger charge is 1.92. The van der Waals surface area contributed by atoms with Crippen LogP contribution in [0.3, 0.4) is 0 Å². The maximum absolute atomic E-state index is 11.0. The van der Waals surface area contributed by atoms with Crippen LogP contribution in [0.25, 0.3) is 0 Å². The van der Waals surface area contributed by atoms with Gasteiger partial charge in [0.05, 0.1) is 0 Å². The van der Waals surface area contributed by atoms with Gasteiger partial charge in [-0.2, -0.15) is 0 Å². The summed E-state index contributed by atoms with van der Waals surface area (Å²) in [6, 6.07) is 1.59. The Morgan fingerprint density at radius 2 is 2.33 bits per heavy atom. The summed E-state index contributed by atoms with van der Waals surface area (Å²) in [5, 5.41) is 0. The molecule has 0 unspecified atom stereocenters. The minimum atomic E-state index is 0.0963. The van der Waals surface area contributed by atoms with Gasteiger partial charge in [-0.15, -0.1) is 0 Å². The molecule has 0 amide bonds. The van der Waals surface area contributed by atoms with Gasteiger partial charge in [0.2, 0.25) is 0 Å². The molecule has 1 aromatic rings. The number of rotatable bonds is 3. The van der Waals surface area contributed by atoms with Gasteiger partial charge in [-0.1, -0.05) is 0 Å². The molecule has 0 aliphatic rings. The van der Waals surface area contributed by atoms with E-state index in [1.165, 1.54) is 0 Å². The molecular weight excluding hydrogens is 152 g/mol. The van der Waals surface area contributed by atoms with Gasteiger partial charge in [-0.3, -0.25) is 4.79 Å². The number of aromatic nitrogens is 1. The molecule has 0 saturated heterocycles. The molecule has 0 aliphatic heterocycles. The molecule has 0 fully saturated rings. The van der Waals surface area contributed by atoms with Crippen molar-refractivity contribution < 1.29 is 0 Å². The van der Waals surface area contributed by atoms with Gasteiger partial charge in [-0.25, -0.2) is 0 Å². The summed E-state index contributed by atoms with van der Waals surface area (Å²) >= 11 is 0. The van der Waals surface area contributed by atoms with Gasteiger partial charge in [0.15, 0.2) is 5.43 Å². The van der Waals surface area contributed by atoms with Crippen molar-refractivity contribution in [3.8, 4) is 0 Å². The quantitative estimate of drug-likeness (QED) is 0.711. The van der Waals surface area contributed by atoms with E-state index in [4.69, 9.17) is 5.73 Å². The molecule has 1 heterocycles. The fraction of sp³-hybridized carbons (Fsp3) is 0.444. The third-order valence-corrected chi connectivity index (χ3v) is 1.79. The van der Waals surface area contributed by atoms with E-state index in [9.17, 15) is 4.79 Å². The van der Waals surface area contributed by atoms with E-state index in [1.807, 2.05) is 17.7 Å².